The summed E-state index contributed by atoms with van der Waals surface area (Å²) in [4.78, 5) is 13.6. The van der Waals surface area contributed by atoms with Crippen molar-refractivity contribution in [3.63, 3.8) is 0 Å². The summed E-state index contributed by atoms with van der Waals surface area (Å²) in [6, 6.07) is 0. The second kappa shape index (κ2) is 8.11. The molecule has 1 saturated carbocycles. The summed E-state index contributed by atoms with van der Waals surface area (Å²) in [5.41, 5.74) is 0. The van der Waals surface area contributed by atoms with Crippen LogP contribution in [0.2, 0.25) is 0 Å². The second-order valence-corrected chi connectivity index (χ2v) is 6.94. The summed E-state index contributed by atoms with van der Waals surface area (Å²) in [5, 5.41) is 12.6. The van der Waals surface area contributed by atoms with E-state index in [1.165, 1.54) is 0 Å². The van der Waals surface area contributed by atoms with E-state index in [0.29, 0.717) is 5.92 Å². The lowest BCUT2D eigenvalue weighted by molar-refractivity contribution is -0.142. The third kappa shape index (κ3) is 5.24. The number of ether oxygens (including phenoxy) is 1. The van der Waals surface area contributed by atoms with Gasteiger partial charge in [-0.05, 0) is 31.2 Å². The summed E-state index contributed by atoms with van der Waals surface area (Å²) in [6.45, 7) is 10.1. The van der Waals surface area contributed by atoms with Crippen LogP contribution in [0.15, 0.2) is 0 Å². The first-order chi connectivity index (χ1) is 10.1. The minimum atomic E-state index is -0.628. The lowest BCUT2D eigenvalue weighted by atomic mass is 9.96. The molecule has 2 fully saturated rings. The highest BCUT2D eigenvalue weighted by molar-refractivity contribution is 5.70. The Morgan fingerprint density at radius 2 is 2.19 bits per heavy atom. The molecular formula is C16H30N2O3. The molecule has 5 nitrogen and oxygen atoms in total. The quantitative estimate of drug-likeness (QED) is 0.744. The molecule has 0 radical (unpaired) electrons. The maximum atomic E-state index is 11.2. The maximum absolute atomic E-state index is 11.2. The fourth-order valence-corrected chi connectivity index (χ4v) is 3.62. The zero-order valence-corrected chi connectivity index (χ0v) is 13.4. The van der Waals surface area contributed by atoms with Crippen LogP contribution in [0.3, 0.4) is 0 Å². The molecule has 1 aliphatic carbocycles. The van der Waals surface area contributed by atoms with Gasteiger partial charge in [-0.3, -0.25) is 9.69 Å². The largest absolute Gasteiger partial charge is 0.481 e. The van der Waals surface area contributed by atoms with Crippen molar-refractivity contribution >= 4 is 5.97 Å². The Morgan fingerprint density at radius 3 is 2.90 bits per heavy atom. The van der Waals surface area contributed by atoms with Crippen molar-refractivity contribution in [2.75, 3.05) is 39.3 Å². The lowest BCUT2D eigenvalue weighted by Crippen LogP contribution is -2.48. The van der Waals surface area contributed by atoms with Crippen LogP contribution in [-0.2, 0) is 9.53 Å². The average molecular weight is 298 g/mol. The van der Waals surface area contributed by atoms with Crippen molar-refractivity contribution in [1.82, 2.24) is 10.2 Å². The van der Waals surface area contributed by atoms with Crippen LogP contribution >= 0.6 is 0 Å². The van der Waals surface area contributed by atoms with Gasteiger partial charge < -0.3 is 15.2 Å². The van der Waals surface area contributed by atoms with E-state index in [1.807, 2.05) is 0 Å². The first kappa shape index (κ1) is 16.7. The molecular weight excluding hydrogens is 268 g/mol. The number of carbonyl (C=O) groups is 1. The number of rotatable bonds is 7. The molecule has 21 heavy (non-hydrogen) atoms. The molecule has 0 spiro atoms. The van der Waals surface area contributed by atoms with Gasteiger partial charge in [0.1, 0.15) is 0 Å². The number of nitrogens with one attached hydrogen (secondary N) is 1. The third-order valence-corrected chi connectivity index (χ3v) is 4.60. The van der Waals surface area contributed by atoms with Gasteiger partial charge in [-0.1, -0.05) is 20.3 Å². The monoisotopic (exact) mass is 298 g/mol. The highest BCUT2D eigenvalue weighted by Gasteiger charge is 2.32. The predicted molar refractivity (Wildman–Crippen MR) is 82.4 cm³/mol. The normalized spacial score (nSPS) is 30.9. The number of aliphatic carboxylic acids is 1. The fourth-order valence-electron chi connectivity index (χ4n) is 3.62. The Balaban J connectivity index is 1.67. The molecule has 5 heteroatoms. The Hall–Kier alpha value is -0.650. The van der Waals surface area contributed by atoms with Gasteiger partial charge in [0, 0.05) is 26.2 Å². The van der Waals surface area contributed by atoms with Crippen molar-refractivity contribution in [3.05, 3.63) is 0 Å². The number of carboxylic acid groups (broad SMARTS) is 1. The first-order valence-electron chi connectivity index (χ1n) is 8.33. The minimum Gasteiger partial charge on any atom is -0.481 e. The first-order valence-corrected chi connectivity index (χ1v) is 8.33. The van der Waals surface area contributed by atoms with E-state index >= 15 is 0 Å². The van der Waals surface area contributed by atoms with Gasteiger partial charge in [-0.15, -0.1) is 0 Å². The van der Waals surface area contributed by atoms with Crippen molar-refractivity contribution in [1.29, 1.82) is 0 Å². The molecule has 0 amide bonds. The minimum absolute atomic E-state index is 0.151. The van der Waals surface area contributed by atoms with E-state index < -0.39 is 5.97 Å². The molecule has 0 aromatic rings. The zero-order valence-electron chi connectivity index (χ0n) is 13.4. The van der Waals surface area contributed by atoms with Gasteiger partial charge in [0.15, 0.2) is 0 Å². The van der Waals surface area contributed by atoms with Crippen LogP contribution in [0.4, 0.5) is 0 Å². The van der Waals surface area contributed by atoms with E-state index in [2.05, 4.69) is 24.1 Å². The predicted octanol–water partition coefficient (Wildman–Crippen LogP) is 1.43. The summed E-state index contributed by atoms with van der Waals surface area (Å²) in [7, 11) is 0. The van der Waals surface area contributed by atoms with Crippen LogP contribution in [0, 0.1) is 17.8 Å². The third-order valence-electron chi connectivity index (χ3n) is 4.60. The number of hydrogen-bond donors (Lipinski definition) is 2. The van der Waals surface area contributed by atoms with Crippen molar-refractivity contribution in [2.45, 2.75) is 39.2 Å². The molecule has 122 valence electrons. The molecule has 0 aromatic heterocycles. The van der Waals surface area contributed by atoms with Crippen LogP contribution in [-0.4, -0.2) is 61.4 Å². The Labute approximate surface area is 128 Å². The van der Waals surface area contributed by atoms with Crippen LogP contribution < -0.4 is 5.32 Å². The smallest absolute Gasteiger partial charge is 0.306 e. The zero-order chi connectivity index (χ0) is 15.2. The van der Waals surface area contributed by atoms with Crippen LogP contribution in [0.25, 0.3) is 0 Å². The standard InChI is InChI=1S/C16H30N2O3/c1-12(2)10-18-6-7-21-14(11-18)9-17-8-13-4-3-5-15(13)16(19)20/h12-15,17H,3-11H2,1-2H3,(H,19,20). The second-order valence-electron chi connectivity index (χ2n) is 6.94. The Kier molecular flexibility index (Phi) is 6.45. The molecule has 3 unspecified atom stereocenters. The Bertz CT molecular complexity index is 335. The number of hydrogen-bond acceptors (Lipinski definition) is 4. The molecule has 1 aliphatic heterocycles. The van der Waals surface area contributed by atoms with Crippen LogP contribution in [0.1, 0.15) is 33.1 Å². The van der Waals surface area contributed by atoms with E-state index in [-0.39, 0.29) is 17.9 Å². The molecule has 1 saturated heterocycles. The van der Waals surface area contributed by atoms with E-state index in [9.17, 15) is 9.90 Å². The van der Waals surface area contributed by atoms with Gasteiger partial charge in [-0.2, -0.15) is 0 Å². The number of nitrogens with zero attached hydrogens (tertiary/aromatic N) is 1. The summed E-state index contributed by atoms with van der Waals surface area (Å²) >= 11 is 0. The fraction of sp³-hybridized carbons (Fsp3) is 0.938. The number of morpholine rings is 1. The molecule has 3 atom stereocenters. The van der Waals surface area contributed by atoms with Gasteiger partial charge in [-0.25, -0.2) is 0 Å². The molecule has 0 bridgehead atoms. The lowest BCUT2D eigenvalue weighted by Gasteiger charge is -2.34. The van der Waals surface area contributed by atoms with E-state index in [1.54, 1.807) is 0 Å². The molecule has 1 heterocycles. The summed E-state index contributed by atoms with van der Waals surface area (Å²) < 4.78 is 5.81. The van der Waals surface area contributed by atoms with Gasteiger partial charge in [0.2, 0.25) is 0 Å². The van der Waals surface area contributed by atoms with Gasteiger partial charge >= 0.3 is 5.97 Å². The van der Waals surface area contributed by atoms with Crippen molar-refractivity contribution in [3.8, 4) is 0 Å². The number of carboxylic acids is 1. The van der Waals surface area contributed by atoms with Crippen molar-refractivity contribution in [2.24, 2.45) is 17.8 Å². The van der Waals surface area contributed by atoms with E-state index in [4.69, 9.17) is 4.74 Å². The van der Waals surface area contributed by atoms with Gasteiger partial charge in [0.25, 0.3) is 0 Å². The summed E-state index contributed by atoms with van der Waals surface area (Å²) in [5.74, 6) is 0.197. The molecule has 2 rings (SSSR count). The maximum Gasteiger partial charge on any atom is 0.306 e. The Morgan fingerprint density at radius 1 is 1.38 bits per heavy atom. The van der Waals surface area contributed by atoms with Gasteiger partial charge in [0.05, 0.1) is 18.6 Å². The SMILES string of the molecule is CC(C)CN1CCOC(CNCC2CCCC2C(=O)O)C1. The van der Waals surface area contributed by atoms with E-state index in [0.717, 1.165) is 58.6 Å². The highest BCUT2D eigenvalue weighted by Crippen LogP contribution is 2.31. The highest BCUT2D eigenvalue weighted by atomic mass is 16.5. The average Bonchev–Trinajstić information content (AvgIpc) is 2.87. The molecule has 0 aromatic carbocycles. The summed E-state index contributed by atoms with van der Waals surface area (Å²) in [6.07, 6.45) is 3.16. The topological polar surface area (TPSA) is 61.8 Å². The van der Waals surface area contributed by atoms with Crippen LogP contribution in [0.5, 0.6) is 0 Å². The van der Waals surface area contributed by atoms with Crippen molar-refractivity contribution < 1.29 is 14.6 Å². The molecule has 2 N–H and O–H groups in total. The molecule has 2 aliphatic rings.